The van der Waals surface area contributed by atoms with Gasteiger partial charge in [-0.1, -0.05) is 155 Å². The maximum absolute atomic E-state index is 7.23. The average Bonchev–Trinajstić information content (AvgIpc) is 3.89. The van der Waals surface area contributed by atoms with E-state index in [1.54, 1.807) is 29.5 Å². The molecule has 10 rings (SSSR count). The van der Waals surface area contributed by atoms with E-state index in [4.69, 9.17) is 9.10 Å². The number of fused-ring (bicyclic) bond motifs is 2. The number of imidazole rings is 1. The fourth-order valence-corrected chi connectivity index (χ4v) is 7.62. The van der Waals surface area contributed by atoms with E-state index in [2.05, 4.69) is 173 Å². The first-order valence-electron chi connectivity index (χ1n) is 19.6. The fraction of sp³-hybridized carbons (Fsp3) is 0.0196. The molecule has 0 unspecified atom stereocenters. The fourth-order valence-electron chi connectivity index (χ4n) is 6.80. The van der Waals surface area contributed by atoms with Gasteiger partial charge in [-0.3, -0.25) is 16.3 Å². The van der Waals surface area contributed by atoms with E-state index in [0.29, 0.717) is 0 Å². The minimum absolute atomic E-state index is 0. The Kier molecular flexibility index (Phi) is 9.85. The summed E-state index contributed by atoms with van der Waals surface area (Å²) in [6.07, 6.45) is 1.39. The van der Waals surface area contributed by atoms with Gasteiger partial charge in [-0.2, -0.15) is 0 Å². The third-order valence-corrected chi connectivity index (χ3v) is 10.5. The number of rotatable bonds is 6. The Bertz CT molecular complexity index is 2950. The van der Waals surface area contributed by atoms with Crippen LogP contribution in [-0.2, 0) is 20.1 Å². The Morgan fingerprint density at radius 3 is 1.84 bits per heavy atom. The summed E-state index contributed by atoms with van der Waals surface area (Å²) in [4.78, 5) is 9.27. The van der Waals surface area contributed by atoms with Crippen molar-refractivity contribution in [3.63, 3.8) is 0 Å². The van der Waals surface area contributed by atoms with E-state index in [-0.39, 0.29) is 25.7 Å². The summed E-state index contributed by atoms with van der Waals surface area (Å²) in [5.41, 5.74) is 13.2. The van der Waals surface area contributed by atoms with Crippen LogP contribution in [0, 0.1) is 18.3 Å². The number of benzene rings is 7. The van der Waals surface area contributed by atoms with Gasteiger partial charge in [0.2, 0.25) is 0 Å². The van der Waals surface area contributed by atoms with Crippen molar-refractivity contribution in [2.75, 3.05) is 0 Å². The number of aromatic nitrogens is 3. The predicted molar refractivity (Wildman–Crippen MR) is 230 cm³/mol. The van der Waals surface area contributed by atoms with Gasteiger partial charge < -0.3 is 9.55 Å². The molecule has 0 amide bonds. The second-order valence-electron chi connectivity index (χ2n) is 13.1. The standard InChI is InChI=1S/C39H25N2S.C12H10N.Ir/c1-3-9-27(10-4-1)29-15-17-31(18-16-29)32-21-24-38-34(25-32)35(26-42-38)39-40-36-13-7-8-14-37(36)41(39)33-22-19-30(20-23-33)28-11-5-2-6-12-28;1-10-7-8-12(13-9-10)11-5-3-2-4-6-11;/h1-25H;2-5,7-9H,1H3;/q2*-1;/i;1D3;. The van der Waals surface area contributed by atoms with Crippen LogP contribution < -0.4 is 0 Å². The monoisotopic (exact) mass is 917 g/mol. The van der Waals surface area contributed by atoms with Gasteiger partial charge in [-0.15, -0.1) is 41.3 Å². The Morgan fingerprint density at radius 2 is 1.20 bits per heavy atom. The van der Waals surface area contributed by atoms with Crippen molar-refractivity contribution in [2.45, 2.75) is 6.85 Å². The smallest absolute Gasteiger partial charge is 0.0774 e. The van der Waals surface area contributed by atoms with E-state index in [9.17, 15) is 0 Å². The first-order valence-corrected chi connectivity index (χ1v) is 18.9. The molecule has 0 bridgehead atoms. The third-order valence-electron chi connectivity index (χ3n) is 9.60. The summed E-state index contributed by atoms with van der Waals surface area (Å²) in [7, 11) is 0. The number of hydrogen-bond acceptors (Lipinski definition) is 3. The molecule has 7 aromatic carbocycles. The van der Waals surface area contributed by atoms with Crippen LogP contribution >= 0.6 is 11.3 Å². The van der Waals surface area contributed by atoms with Crippen molar-refractivity contribution in [1.29, 1.82) is 0 Å². The molecule has 0 aliphatic rings. The van der Waals surface area contributed by atoms with Crippen LogP contribution in [0.2, 0.25) is 0 Å². The Labute approximate surface area is 349 Å². The summed E-state index contributed by atoms with van der Waals surface area (Å²) in [5.74, 6) is 0.909. The topological polar surface area (TPSA) is 30.7 Å². The summed E-state index contributed by atoms with van der Waals surface area (Å²) in [6.45, 7) is -2.09. The molecule has 0 saturated heterocycles. The van der Waals surface area contributed by atoms with Gasteiger partial charge in [0.1, 0.15) is 0 Å². The quantitative estimate of drug-likeness (QED) is 0.156. The molecule has 1 radical (unpaired) electrons. The molecule has 5 heteroatoms. The largest absolute Gasteiger partial charge is 0.333 e. The molecule has 3 nitrogen and oxygen atoms in total. The molecule has 0 atom stereocenters. The summed E-state index contributed by atoms with van der Waals surface area (Å²) < 4.78 is 25.2. The van der Waals surface area contributed by atoms with Crippen LogP contribution in [-0.4, -0.2) is 14.5 Å². The van der Waals surface area contributed by atoms with Crippen LogP contribution in [0.1, 0.15) is 9.68 Å². The van der Waals surface area contributed by atoms with Crippen molar-refractivity contribution < 1.29 is 24.2 Å². The molecule has 3 aromatic heterocycles. The first kappa shape index (κ1) is 33.1. The molecule has 0 fully saturated rings. The average molecular weight is 917 g/mol. The number of pyridine rings is 1. The van der Waals surface area contributed by atoms with Gasteiger partial charge in [-0.25, -0.2) is 0 Å². The van der Waals surface area contributed by atoms with Crippen molar-refractivity contribution in [3.05, 3.63) is 211 Å². The molecule has 56 heavy (non-hydrogen) atoms. The molecule has 0 aliphatic carbocycles. The number of nitrogens with zero attached hydrogens (tertiary/aromatic N) is 3. The number of aryl methyl sites for hydroxylation is 1. The van der Waals surface area contributed by atoms with Gasteiger partial charge in [-0.05, 0) is 75.8 Å². The predicted octanol–water partition coefficient (Wildman–Crippen LogP) is 13.6. The van der Waals surface area contributed by atoms with E-state index >= 15 is 0 Å². The molecule has 0 saturated carbocycles. The van der Waals surface area contributed by atoms with E-state index in [1.165, 1.54) is 49.7 Å². The zero-order valence-electron chi connectivity index (χ0n) is 33.1. The van der Waals surface area contributed by atoms with Crippen LogP contribution in [0.25, 0.3) is 82.8 Å². The van der Waals surface area contributed by atoms with Gasteiger partial charge in [0.15, 0.2) is 0 Å². The molecule has 0 spiro atoms. The second-order valence-corrected chi connectivity index (χ2v) is 14.0. The summed E-state index contributed by atoms with van der Waals surface area (Å²) in [6, 6.07) is 67.4. The number of thiophene rings is 1. The Hall–Kier alpha value is -6.23. The molecule has 0 N–H and O–H groups in total. The maximum Gasteiger partial charge on any atom is 0.0774 e. The van der Waals surface area contributed by atoms with Crippen molar-refractivity contribution in [3.8, 4) is 61.7 Å². The van der Waals surface area contributed by atoms with Gasteiger partial charge >= 0.3 is 0 Å². The summed E-state index contributed by atoms with van der Waals surface area (Å²) >= 11 is 1.65. The number of hydrogen-bond donors (Lipinski definition) is 0. The summed E-state index contributed by atoms with van der Waals surface area (Å²) in [5, 5.41) is 4.77. The molecule has 10 aromatic rings. The SMILES string of the molecule is [2H]C([2H])([2H])c1ccc(-c2[c-]cccc2)nc1.[Ir].[c-]1sc2ccc(-c3ccc(-c4ccccc4)cc3)cc2c1-c1nc2ccccc2n1-c1ccc(-c2ccccc2)cc1. The molecular formula is C51H35IrN3S-2. The minimum Gasteiger partial charge on any atom is -0.333 e. The second kappa shape index (κ2) is 16.6. The number of para-hydroxylation sites is 2. The van der Waals surface area contributed by atoms with Crippen LogP contribution in [0.5, 0.6) is 0 Å². The van der Waals surface area contributed by atoms with Gasteiger partial charge in [0.25, 0.3) is 0 Å². The van der Waals surface area contributed by atoms with Crippen molar-refractivity contribution >= 4 is 32.5 Å². The first-order chi connectivity index (χ1) is 28.4. The van der Waals surface area contributed by atoms with Crippen LogP contribution in [0.15, 0.2) is 194 Å². The zero-order chi connectivity index (χ0) is 39.5. The Morgan fingerprint density at radius 1 is 0.589 bits per heavy atom. The molecule has 0 aliphatic heterocycles. The van der Waals surface area contributed by atoms with E-state index < -0.39 is 6.85 Å². The van der Waals surface area contributed by atoms with Gasteiger partial charge in [0.05, 0.1) is 16.9 Å². The third kappa shape index (κ3) is 7.66. The molecule has 271 valence electrons. The zero-order valence-corrected chi connectivity index (χ0v) is 33.3. The normalized spacial score (nSPS) is 11.8. The van der Waals surface area contributed by atoms with Crippen LogP contribution in [0.4, 0.5) is 0 Å². The van der Waals surface area contributed by atoms with Crippen molar-refractivity contribution in [1.82, 2.24) is 14.5 Å². The van der Waals surface area contributed by atoms with E-state index in [1.807, 2.05) is 18.2 Å². The van der Waals surface area contributed by atoms with Gasteiger partial charge in [0, 0.05) is 36.1 Å². The Balaban J connectivity index is 0.000000240. The van der Waals surface area contributed by atoms with Crippen molar-refractivity contribution in [2.24, 2.45) is 0 Å². The maximum atomic E-state index is 7.23. The molecular weight excluding hydrogens is 879 g/mol. The minimum atomic E-state index is -2.09. The van der Waals surface area contributed by atoms with E-state index in [0.717, 1.165) is 39.4 Å². The van der Waals surface area contributed by atoms with Crippen LogP contribution in [0.3, 0.4) is 0 Å². The molecule has 3 heterocycles.